The van der Waals surface area contributed by atoms with Crippen molar-refractivity contribution in [2.75, 3.05) is 13.1 Å². The summed E-state index contributed by atoms with van der Waals surface area (Å²) in [5, 5.41) is 24.2. The number of aliphatic carboxylic acids is 1. The van der Waals surface area contributed by atoms with Crippen LogP contribution in [0.5, 0.6) is 0 Å². The highest BCUT2D eigenvalue weighted by molar-refractivity contribution is 5.69. The Kier molecular flexibility index (Phi) is 18.0. The van der Waals surface area contributed by atoms with Gasteiger partial charge in [0.05, 0.1) is 6.54 Å². The minimum atomic E-state index is -0.983. The number of nitrogens with zero attached hydrogens (tertiary/aromatic N) is 2. The number of carboxylic acids is 1. The Bertz CT molecular complexity index is 1310. The van der Waals surface area contributed by atoms with Crippen molar-refractivity contribution in [1.29, 1.82) is 0 Å². The summed E-state index contributed by atoms with van der Waals surface area (Å²) in [4.78, 5) is 13.4. The van der Waals surface area contributed by atoms with E-state index in [-0.39, 0.29) is 24.7 Å². The number of nitrogens with one attached hydrogen (secondary N) is 1. The number of benzene rings is 2. The highest BCUT2D eigenvalue weighted by Crippen LogP contribution is 2.21. The van der Waals surface area contributed by atoms with E-state index in [1.165, 1.54) is 11.1 Å². The predicted molar refractivity (Wildman–Crippen MR) is 178 cm³/mol. The number of aryl methyl sites for hydroxylation is 2. The van der Waals surface area contributed by atoms with Crippen LogP contribution in [-0.2, 0) is 17.9 Å². The summed E-state index contributed by atoms with van der Waals surface area (Å²) < 4.78 is 13.9. The van der Waals surface area contributed by atoms with Crippen LogP contribution in [0.3, 0.4) is 0 Å². The number of carboxylic acid groups (broad SMARTS) is 1. The van der Waals surface area contributed by atoms with Crippen LogP contribution < -0.4 is 11.2 Å². The third-order valence-electron chi connectivity index (χ3n) is 6.18. The number of allylic oxidation sites excluding steroid dienone is 3. The third kappa shape index (κ3) is 13.1. The summed E-state index contributed by atoms with van der Waals surface area (Å²) in [7, 11) is 0. The van der Waals surface area contributed by atoms with E-state index in [1.54, 1.807) is 43.9 Å². The van der Waals surface area contributed by atoms with E-state index in [4.69, 9.17) is 5.84 Å². The van der Waals surface area contributed by atoms with Gasteiger partial charge in [-0.1, -0.05) is 77.8 Å². The van der Waals surface area contributed by atoms with Crippen molar-refractivity contribution in [3.8, 4) is 0 Å². The normalized spacial score (nSPS) is 11.0. The van der Waals surface area contributed by atoms with Crippen LogP contribution in [0.15, 0.2) is 91.0 Å². The maximum Gasteiger partial charge on any atom is 0.317 e. The Hall–Kier alpha value is -4.14. The Balaban J connectivity index is 0.00000422. The van der Waals surface area contributed by atoms with E-state index in [0.29, 0.717) is 41.3 Å². The maximum atomic E-state index is 13.9. The number of hydrogen-bond donors (Lipinski definition) is 4. The van der Waals surface area contributed by atoms with Gasteiger partial charge < -0.3 is 15.5 Å². The predicted octanol–water partition coefficient (Wildman–Crippen LogP) is 7.75. The molecule has 0 unspecified atom stereocenters. The van der Waals surface area contributed by atoms with Gasteiger partial charge in [-0.25, -0.2) is 10.2 Å². The molecule has 2 aromatic carbocycles. The van der Waals surface area contributed by atoms with Crippen molar-refractivity contribution in [2.24, 2.45) is 5.84 Å². The molecule has 0 aromatic heterocycles. The van der Waals surface area contributed by atoms with Gasteiger partial charge in [-0.15, -0.1) is 0 Å². The van der Waals surface area contributed by atoms with Gasteiger partial charge in [0, 0.05) is 42.3 Å². The summed E-state index contributed by atoms with van der Waals surface area (Å²) in [6.07, 6.45) is 3.35. The van der Waals surface area contributed by atoms with Crippen molar-refractivity contribution in [3.63, 3.8) is 0 Å². The molecule has 0 saturated heterocycles. The Morgan fingerprint density at radius 1 is 0.977 bits per heavy atom. The fraction of sp³-hybridized carbons (Fsp3) is 0.343. The van der Waals surface area contributed by atoms with E-state index >= 15 is 0 Å². The zero-order chi connectivity index (χ0) is 33.3. The van der Waals surface area contributed by atoms with Crippen LogP contribution in [0.4, 0.5) is 4.39 Å². The number of hydrogen-bond acceptors (Lipinski definition) is 6. The van der Waals surface area contributed by atoms with Crippen LogP contribution in [0, 0.1) is 19.7 Å². The topological polar surface area (TPSA) is 102 Å². The average molecular weight is 595 g/mol. The molecule has 0 heterocycles. The molecule has 5 N–H and O–H groups in total. The summed E-state index contributed by atoms with van der Waals surface area (Å²) in [6, 6.07) is 10.6. The van der Waals surface area contributed by atoms with E-state index < -0.39 is 5.97 Å². The lowest BCUT2D eigenvalue weighted by molar-refractivity contribution is -0.138. The summed E-state index contributed by atoms with van der Waals surface area (Å²) in [5.41, 5.74) is 5.99. The first kappa shape index (κ1) is 38.9. The molecule has 0 fully saturated rings. The number of rotatable bonds is 14. The Morgan fingerprint density at radius 2 is 1.58 bits per heavy atom. The monoisotopic (exact) mass is 594 g/mol. The highest BCUT2D eigenvalue weighted by Gasteiger charge is 2.17. The number of hydrazine groups is 1. The molecule has 236 valence electrons. The molecule has 0 radical (unpaired) electrons. The van der Waals surface area contributed by atoms with Gasteiger partial charge >= 0.3 is 5.97 Å². The zero-order valence-electron chi connectivity index (χ0n) is 27.2. The smallest absolute Gasteiger partial charge is 0.317 e. The van der Waals surface area contributed by atoms with E-state index in [0.717, 1.165) is 22.3 Å². The second-order valence-corrected chi connectivity index (χ2v) is 9.54. The number of nitrogens with two attached hydrogens (primary N) is 1. The molecule has 0 bridgehead atoms. The van der Waals surface area contributed by atoms with Crippen LogP contribution in [-0.4, -0.2) is 39.2 Å². The van der Waals surface area contributed by atoms with Crippen LogP contribution in [0.2, 0.25) is 0 Å². The van der Waals surface area contributed by atoms with Crippen molar-refractivity contribution >= 4 is 11.7 Å². The first-order valence-corrected chi connectivity index (χ1v) is 14.5. The van der Waals surface area contributed by atoms with Crippen LogP contribution in [0.1, 0.15) is 69.4 Å². The molecule has 0 saturated carbocycles. The number of aliphatic hydroxyl groups excluding tert-OH is 1. The zero-order valence-corrected chi connectivity index (χ0v) is 27.2. The van der Waals surface area contributed by atoms with Gasteiger partial charge in [0.15, 0.2) is 0 Å². The van der Waals surface area contributed by atoms with Gasteiger partial charge in [0.25, 0.3) is 0 Å². The fourth-order valence-corrected chi connectivity index (χ4v) is 3.91. The second kappa shape index (κ2) is 19.9. The van der Waals surface area contributed by atoms with Gasteiger partial charge in [-0.2, -0.15) is 0 Å². The molecule has 43 heavy (non-hydrogen) atoms. The summed E-state index contributed by atoms with van der Waals surface area (Å²) >= 11 is 0. The molecule has 0 aliphatic rings. The van der Waals surface area contributed by atoms with Crippen LogP contribution >= 0.6 is 0 Å². The summed E-state index contributed by atoms with van der Waals surface area (Å²) in [5.74, 6) is 5.22. The van der Waals surface area contributed by atoms with Gasteiger partial charge in [-0.05, 0) is 73.7 Å². The minimum absolute atomic E-state index is 0.187. The molecular formula is C35H51FN4O3. The average Bonchev–Trinajstić information content (AvgIpc) is 2.98. The first-order chi connectivity index (χ1) is 20.3. The minimum Gasteiger partial charge on any atom is -0.508 e. The quantitative estimate of drug-likeness (QED) is 0.0767. The highest BCUT2D eigenvalue weighted by atomic mass is 19.1. The number of aliphatic hydroxyl groups is 1. The van der Waals surface area contributed by atoms with Crippen molar-refractivity contribution in [3.05, 3.63) is 125 Å². The Labute approximate surface area is 258 Å². The lowest BCUT2D eigenvalue weighted by atomic mass is 10.0. The first-order valence-electron chi connectivity index (χ1n) is 14.5. The fourth-order valence-electron chi connectivity index (χ4n) is 3.91. The van der Waals surface area contributed by atoms with Crippen molar-refractivity contribution in [1.82, 2.24) is 15.2 Å². The summed E-state index contributed by atoms with van der Waals surface area (Å²) in [6.45, 7) is 27.8. The van der Waals surface area contributed by atoms with E-state index in [1.807, 2.05) is 58.9 Å². The number of halogens is 1. The molecule has 2 rings (SSSR count). The van der Waals surface area contributed by atoms with E-state index in [2.05, 4.69) is 25.1 Å². The number of carbonyl (C=O) groups is 1. The van der Waals surface area contributed by atoms with Crippen molar-refractivity contribution < 1.29 is 19.4 Å². The lowest BCUT2D eigenvalue weighted by Gasteiger charge is -2.28. The van der Waals surface area contributed by atoms with Gasteiger partial charge in [0.1, 0.15) is 11.6 Å². The molecular weight excluding hydrogens is 543 g/mol. The molecule has 0 aliphatic carbocycles. The molecule has 0 aliphatic heterocycles. The molecule has 0 atom stereocenters. The van der Waals surface area contributed by atoms with E-state index in [9.17, 15) is 19.4 Å². The molecule has 0 spiro atoms. The largest absolute Gasteiger partial charge is 0.508 e. The second-order valence-electron chi connectivity index (χ2n) is 9.54. The SMILES string of the molecule is C=C(/C=C(/CN(CC(=O)O)Cc1ccc(/C(O)=C/C)c(C)c1)N(N)C(=C)C)C(=C)NCc1ccc(C)c(F)c1.CC.CC. The molecule has 0 amide bonds. The van der Waals surface area contributed by atoms with Gasteiger partial charge in [-0.3, -0.25) is 14.7 Å². The van der Waals surface area contributed by atoms with Crippen molar-refractivity contribution in [2.45, 2.75) is 68.5 Å². The maximum absolute atomic E-state index is 13.9. The third-order valence-corrected chi connectivity index (χ3v) is 6.18. The van der Waals surface area contributed by atoms with Crippen LogP contribution in [0.25, 0.3) is 5.76 Å². The molecule has 8 heteroatoms. The lowest BCUT2D eigenvalue weighted by Crippen LogP contribution is -2.38. The molecule has 7 nitrogen and oxygen atoms in total. The Morgan fingerprint density at radius 3 is 2.09 bits per heavy atom. The standard InChI is InChI=1S/C31H39FN4O3.2C2H6/c1-8-30(37)28-12-11-26(13-23(28)6)17-35(19-31(38)39)18-27(36(33)20(2)3)14-22(5)24(7)34-16-25-10-9-21(4)29(32)15-25;2*1-2/h8-15,34,37H,2,5,7,16-19,33H2,1,3-4,6H3,(H,38,39);2*1-2H3/b27-14-,30-8-;;. The van der Waals surface area contributed by atoms with Gasteiger partial charge in [0.2, 0.25) is 0 Å². The molecule has 2 aromatic rings.